The molecule has 0 saturated carbocycles. The Morgan fingerprint density at radius 2 is 2.24 bits per heavy atom. The molecule has 1 aliphatic rings. The highest BCUT2D eigenvalue weighted by atomic mass is 79.9. The molecule has 1 aromatic carbocycles. The molecule has 0 aromatic heterocycles. The number of halogens is 1. The summed E-state index contributed by atoms with van der Waals surface area (Å²) in [6.45, 7) is 0. The third kappa shape index (κ3) is 3.09. The van der Waals surface area contributed by atoms with Crippen molar-refractivity contribution in [2.24, 2.45) is 0 Å². The Morgan fingerprint density at radius 3 is 2.88 bits per heavy atom. The van der Waals surface area contributed by atoms with Crippen molar-refractivity contribution in [1.82, 2.24) is 5.32 Å². The van der Waals surface area contributed by atoms with E-state index in [9.17, 15) is 9.90 Å². The second kappa shape index (κ2) is 5.36. The molecule has 1 unspecified atom stereocenters. The van der Waals surface area contributed by atoms with E-state index in [1.165, 1.54) is 6.07 Å². The summed E-state index contributed by atoms with van der Waals surface area (Å²) in [7, 11) is 0. The average Bonchev–Trinajstić information content (AvgIpc) is 2.30. The number of phenolic OH excluding ortho intramolecular Hbond substituents is 1. The first-order chi connectivity index (χ1) is 8.16. The lowest BCUT2D eigenvalue weighted by molar-refractivity contribution is 0.0932. The van der Waals surface area contributed by atoms with Crippen LogP contribution in [0.5, 0.6) is 5.75 Å². The molecule has 0 saturated heterocycles. The molecule has 3 nitrogen and oxygen atoms in total. The maximum absolute atomic E-state index is 11.9. The summed E-state index contributed by atoms with van der Waals surface area (Å²) in [5, 5.41) is 12.6. The first kappa shape index (κ1) is 12.2. The molecular formula is C13H14BrNO2. The highest BCUT2D eigenvalue weighted by Crippen LogP contribution is 2.22. The number of phenols is 1. The van der Waals surface area contributed by atoms with Crippen molar-refractivity contribution in [2.75, 3.05) is 0 Å². The van der Waals surface area contributed by atoms with E-state index in [0.29, 0.717) is 5.56 Å². The quantitative estimate of drug-likeness (QED) is 0.824. The van der Waals surface area contributed by atoms with Crippen LogP contribution in [-0.2, 0) is 0 Å². The Labute approximate surface area is 109 Å². The average molecular weight is 296 g/mol. The Hall–Kier alpha value is -1.29. The summed E-state index contributed by atoms with van der Waals surface area (Å²) in [5.41, 5.74) is 0.322. The molecule has 0 fully saturated rings. The van der Waals surface area contributed by atoms with Gasteiger partial charge in [0.05, 0.1) is 5.56 Å². The predicted molar refractivity (Wildman–Crippen MR) is 70.1 cm³/mol. The van der Waals surface area contributed by atoms with Gasteiger partial charge in [0, 0.05) is 10.5 Å². The minimum Gasteiger partial charge on any atom is -0.507 e. The van der Waals surface area contributed by atoms with Crippen molar-refractivity contribution >= 4 is 21.8 Å². The maximum Gasteiger partial charge on any atom is 0.255 e. The zero-order chi connectivity index (χ0) is 12.3. The van der Waals surface area contributed by atoms with Gasteiger partial charge in [-0.3, -0.25) is 4.79 Å². The minimum absolute atomic E-state index is 0.00299. The zero-order valence-electron chi connectivity index (χ0n) is 9.32. The van der Waals surface area contributed by atoms with Gasteiger partial charge in [0.2, 0.25) is 0 Å². The number of hydrogen-bond donors (Lipinski definition) is 2. The van der Waals surface area contributed by atoms with Crippen LogP contribution in [0.2, 0.25) is 0 Å². The zero-order valence-corrected chi connectivity index (χ0v) is 10.9. The van der Waals surface area contributed by atoms with Crippen molar-refractivity contribution in [2.45, 2.75) is 25.3 Å². The number of carbonyl (C=O) groups is 1. The van der Waals surface area contributed by atoms with Crippen LogP contribution in [-0.4, -0.2) is 17.1 Å². The fourth-order valence-corrected chi connectivity index (χ4v) is 2.23. The highest BCUT2D eigenvalue weighted by Gasteiger charge is 2.16. The van der Waals surface area contributed by atoms with Gasteiger partial charge < -0.3 is 10.4 Å². The number of allylic oxidation sites excluding steroid dienone is 1. The van der Waals surface area contributed by atoms with Gasteiger partial charge in [-0.05, 0) is 37.5 Å². The van der Waals surface area contributed by atoms with E-state index in [4.69, 9.17) is 0 Å². The number of benzene rings is 1. The fourth-order valence-electron chi connectivity index (χ4n) is 1.88. The summed E-state index contributed by atoms with van der Waals surface area (Å²) in [6, 6.07) is 5.06. The van der Waals surface area contributed by atoms with Crippen LogP contribution in [0.3, 0.4) is 0 Å². The van der Waals surface area contributed by atoms with Crippen molar-refractivity contribution in [1.29, 1.82) is 0 Å². The molecule has 0 heterocycles. The van der Waals surface area contributed by atoms with Gasteiger partial charge in [-0.2, -0.15) is 0 Å². The van der Waals surface area contributed by atoms with E-state index < -0.39 is 0 Å². The molecule has 4 heteroatoms. The van der Waals surface area contributed by atoms with Crippen LogP contribution < -0.4 is 5.32 Å². The number of aromatic hydroxyl groups is 1. The van der Waals surface area contributed by atoms with Gasteiger partial charge in [-0.25, -0.2) is 0 Å². The number of nitrogens with one attached hydrogen (secondary N) is 1. The molecule has 0 radical (unpaired) electrons. The van der Waals surface area contributed by atoms with E-state index in [0.717, 1.165) is 23.7 Å². The molecule has 0 bridgehead atoms. The predicted octanol–water partition coefficient (Wildman–Crippen LogP) is 2.99. The first-order valence-electron chi connectivity index (χ1n) is 5.61. The van der Waals surface area contributed by atoms with Crippen LogP contribution in [0.15, 0.2) is 34.8 Å². The van der Waals surface area contributed by atoms with E-state index in [-0.39, 0.29) is 17.7 Å². The van der Waals surface area contributed by atoms with Gasteiger partial charge in [-0.1, -0.05) is 28.1 Å². The summed E-state index contributed by atoms with van der Waals surface area (Å²) in [5.74, 6) is -0.210. The van der Waals surface area contributed by atoms with Crippen molar-refractivity contribution in [3.63, 3.8) is 0 Å². The van der Waals surface area contributed by atoms with Crippen LogP contribution in [0.25, 0.3) is 0 Å². The molecule has 2 N–H and O–H groups in total. The molecule has 17 heavy (non-hydrogen) atoms. The number of carbonyl (C=O) groups excluding carboxylic acids is 1. The van der Waals surface area contributed by atoms with Crippen LogP contribution >= 0.6 is 15.9 Å². The second-order valence-corrected chi connectivity index (χ2v) is 5.03. The third-order valence-electron chi connectivity index (χ3n) is 2.81. The standard InChI is InChI=1S/C13H14BrNO2/c14-9-6-7-11(12(16)8-9)13(17)15-10-4-2-1-3-5-10/h1-2,6-8,10,16H,3-5H2,(H,15,17). The Morgan fingerprint density at radius 1 is 1.41 bits per heavy atom. The molecule has 0 aliphatic heterocycles. The molecule has 90 valence electrons. The maximum atomic E-state index is 11.9. The highest BCUT2D eigenvalue weighted by molar-refractivity contribution is 9.10. The Balaban J connectivity index is 2.06. The minimum atomic E-state index is -0.213. The fraction of sp³-hybridized carbons (Fsp3) is 0.308. The molecule has 1 aliphatic carbocycles. The smallest absolute Gasteiger partial charge is 0.255 e. The largest absolute Gasteiger partial charge is 0.507 e. The summed E-state index contributed by atoms with van der Waals surface area (Å²) in [4.78, 5) is 11.9. The van der Waals surface area contributed by atoms with Crippen LogP contribution in [0.4, 0.5) is 0 Å². The summed E-state index contributed by atoms with van der Waals surface area (Å²) >= 11 is 3.24. The van der Waals surface area contributed by atoms with Crippen molar-refractivity contribution < 1.29 is 9.90 Å². The number of rotatable bonds is 2. The SMILES string of the molecule is O=C(NC1CC=CCC1)c1ccc(Br)cc1O. The number of hydrogen-bond acceptors (Lipinski definition) is 2. The Bertz CT molecular complexity index is 457. The van der Waals surface area contributed by atoms with E-state index >= 15 is 0 Å². The molecule has 1 atom stereocenters. The summed E-state index contributed by atoms with van der Waals surface area (Å²) < 4.78 is 0.757. The second-order valence-electron chi connectivity index (χ2n) is 4.12. The lowest BCUT2D eigenvalue weighted by atomic mass is 10.0. The molecule has 1 amide bonds. The van der Waals surface area contributed by atoms with Crippen molar-refractivity contribution in [3.8, 4) is 5.75 Å². The normalized spacial score (nSPS) is 19.0. The third-order valence-corrected chi connectivity index (χ3v) is 3.30. The lowest BCUT2D eigenvalue weighted by Crippen LogP contribution is -2.35. The van der Waals surface area contributed by atoms with Gasteiger partial charge in [0.15, 0.2) is 0 Å². The summed E-state index contributed by atoms with van der Waals surface area (Å²) in [6.07, 6.45) is 7.02. The molecular weight excluding hydrogens is 282 g/mol. The van der Waals surface area contributed by atoms with Crippen molar-refractivity contribution in [3.05, 3.63) is 40.4 Å². The first-order valence-corrected chi connectivity index (χ1v) is 6.40. The number of amides is 1. The monoisotopic (exact) mass is 295 g/mol. The van der Waals surface area contributed by atoms with Gasteiger partial charge in [-0.15, -0.1) is 0 Å². The molecule has 1 aromatic rings. The van der Waals surface area contributed by atoms with Crippen LogP contribution in [0.1, 0.15) is 29.6 Å². The molecule has 0 spiro atoms. The van der Waals surface area contributed by atoms with Crippen LogP contribution in [0, 0.1) is 0 Å². The Kier molecular flexibility index (Phi) is 3.84. The van der Waals surface area contributed by atoms with Gasteiger partial charge in [0.25, 0.3) is 5.91 Å². The lowest BCUT2D eigenvalue weighted by Gasteiger charge is -2.19. The molecule has 2 rings (SSSR count). The topological polar surface area (TPSA) is 49.3 Å². The van der Waals surface area contributed by atoms with Gasteiger partial charge >= 0.3 is 0 Å². The van der Waals surface area contributed by atoms with E-state index in [2.05, 4.69) is 33.4 Å². The van der Waals surface area contributed by atoms with E-state index in [1.54, 1.807) is 12.1 Å². The van der Waals surface area contributed by atoms with Gasteiger partial charge in [0.1, 0.15) is 5.75 Å². The van der Waals surface area contributed by atoms with E-state index in [1.807, 2.05) is 0 Å².